The van der Waals surface area contributed by atoms with Crippen LogP contribution in [0.4, 0.5) is 0 Å². The summed E-state index contributed by atoms with van der Waals surface area (Å²) in [6.45, 7) is 7.27. The molecule has 0 saturated heterocycles. The average Bonchev–Trinajstić information content (AvgIpc) is 1.81. The van der Waals surface area contributed by atoms with E-state index in [0.29, 0.717) is 6.61 Å². The summed E-state index contributed by atoms with van der Waals surface area (Å²) in [4.78, 5) is 0. The Bertz CT molecular complexity index is 228. The molecule has 13 heavy (non-hydrogen) atoms. The van der Waals surface area contributed by atoms with Crippen molar-refractivity contribution in [1.82, 2.24) is 0 Å². The first kappa shape index (κ1) is 13.1. The van der Waals surface area contributed by atoms with Crippen LogP contribution in [0, 0.1) is 0 Å². The van der Waals surface area contributed by atoms with Crippen molar-refractivity contribution in [2.45, 2.75) is 38.5 Å². The van der Waals surface area contributed by atoms with Crippen molar-refractivity contribution in [2.24, 2.45) is 0 Å². The Kier molecular flexibility index (Phi) is 5.17. The second-order valence-electron chi connectivity index (χ2n) is 4.54. The first-order valence-electron chi connectivity index (χ1n) is 4.55. The fourth-order valence-corrected chi connectivity index (χ4v) is 2.70. The van der Waals surface area contributed by atoms with E-state index in [4.69, 9.17) is 0 Å². The van der Waals surface area contributed by atoms with Crippen LogP contribution in [-0.4, -0.2) is 29.4 Å². The van der Waals surface area contributed by atoms with Crippen LogP contribution < -0.4 is 0 Å². The quantitative estimate of drug-likeness (QED) is 0.394. The molecule has 0 aromatic rings. The molecule has 0 N–H and O–H groups in total. The largest absolute Gasteiger partial charge is 0.270 e. The zero-order valence-corrected chi connectivity index (χ0v) is 10.8. The van der Waals surface area contributed by atoms with E-state index in [0.717, 1.165) is 19.1 Å². The topological polar surface area (TPSA) is 43.4 Å². The summed E-state index contributed by atoms with van der Waals surface area (Å²) >= 11 is 0. The zero-order chi connectivity index (χ0) is 10.5. The van der Waals surface area contributed by atoms with Crippen molar-refractivity contribution in [3.63, 3.8) is 0 Å². The van der Waals surface area contributed by atoms with E-state index in [-0.39, 0.29) is 0 Å². The maximum Gasteiger partial charge on any atom is 0.264 e. The van der Waals surface area contributed by atoms with Gasteiger partial charge in [0.15, 0.2) is 0 Å². The zero-order valence-electron chi connectivity index (χ0n) is 8.96. The second kappa shape index (κ2) is 5.12. The molecular formula is C8H20O3SSi. The standard InChI is InChI=1S/C8H20O3SSi/c1-12(9,10)11-7-5-6-8-13(2,3)4/h5-8H2,1-4H3. The van der Waals surface area contributed by atoms with E-state index in [2.05, 4.69) is 23.8 Å². The summed E-state index contributed by atoms with van der Waals surface area (Å²) in [5.74, 6) is 0. The molecule has 0 fully saturated rings. The van der Waals surface area contributed by atoms with Crippen LogP contribution in [0.3, 0.4) is 0 Å². The fourth-order valence-electron chi connectivity index (χ4n) is 0.968. The molecule has 0 bridgehead atoms. The number of hydrogen-bond donors (Lipinski definition) is 0. The fraction of sp³-hybridized carbons (Fsp3) is 1.00. The molecule has 3 nitrogen and oxygen atoms in total. The van der Waals surface area contributed by atoms with Crippen LogP contribution >= 0.6 is 0 Å². The van der Waals surface area contributed by atoms with Gasteiger partial charge in [-0.2, -0.15) is 8.42 Å². The van der Waals surface area contributed by atoms with Crippen LogP contribution in [0.1, 0.15) is 12.8 Å². The lowest BCUT2D eigenvalue weighted by Crippen LogP contribution is -2.19. The Balaban J connectivity index is 3.39. The Morgan fingerprint density at radius 3 is 2.08 bits per heavy atom. The predicted octanol–water partition coefficient (Wildman–Crippen LogP) is 2.08. The van der Waals surface area contributed by atoms with E-state index in [9.17, 15) is 8.42 Å². The molecule has 0 aromatic carbocycles. The van der Waals surface area contributed by atoms with Crippen molar-refractivity contribution in [2.75, 3.05) is 12.9 Å². The molecule has 0 spiro atoms. The third kappa shape index (κ3) is 12.1. The van der Waals surface area contributed by atoms with E-state index in [1.165, 1.54) is 6.04 Å². The number of hydrogen-bond acceptors (Lipinski definition) is 3. The second-order valence-corrected chi connectivity index (χ2v) is 11.8. The molecule has 0 unspecified atom stereocenters. The Hall–Kier alpha value is 0.127. The molecule has 0 aliphatic heterocycles. The highest BCUT2D eigenvalue weighted by atomic mass is 32.2. The molecule has 0 amide bonds. The van der Waals surface area contributed by atoms with Gasteiger partial charge in [-0.1, -0.05) is 32.1 Å². The monoisotopic (exact) mass is 224 g/mol. The van der Waals surface area contributed by atoms with Crippen molar-refractivity contribution < 1.29 is 12.6 Å². The number of rotatable bonds is 6. The molecule has 80 valence electrons. The van der Waals surface area contributed by atoms with Gasteiger partial charge < -0.3 is 0 Å². The van der Waals surface area contributed by atoms with E-state index >= 15 is 0 Å². The van der Waals surface area contributed by atoms with Gasteiger partial charge in [-0.05, 0) is 6.42 Å². The number of unbranched alkanes of at least 4 members (excludes halogenated alkanes) is 1. The average molecular weight is 224 g/mol. The van der Waals surface area contributed by atoms with Gasteiger partial charge in [0, 0.05) is 8.07 Å². The smallest absolute Gasteiger partial charge is 0.264 e. The van der Waals surface area contributed by atoms with Gasteiger partial charge in [0.2, 0.25) is 0 Å². The van der Waals surface area contributed by atoms with Crippen LogP contribution in [0.2, 0.25) is 25.7 Å². The minimum atomic E-state index is -3.23. The Morgan fingerprint density at radius 2 is 1.69 bits per heavy atom. The van der Waals surface area contributed by atoms with Gasteiger partial charge in [0.05, 0.1) is 12.9 Å². The maximum absolute atomic E-state index is 10.6. The minimum Gasteiger partial charge on any atom is -0.270 e. The van der Waals surface area contributed by atoms with Crippen molar-refractivity contribution >= 4 is 18.2 Å². The molecule has 0 aliphatic rings. The summed E-state index contributed by atoms with van der Waals surface area (Å²) in [6, 6.07) is 1.24. The summed E-state index contributed by atoms with van der Waals surface area (Å²) in [5, 5.41) is 0. The first-order chi connectivity index (χ1) is 5.71. The SMILES string of the molecule is C[Si](C)(C)CCCCOS(C)(=O)=O. The predicted molar refractivity (Wildman–Crippen MR) is 58.2 cm³/mol. The third-order valence-corrected chi connectivity index (χ3v) is 4.07. The molecule has 0 heterocycles. The highest BCUT2D eigenvalue weighted by molar-refractivity contribution is 7.85. The van der Waals surface area contributed by atoms with Crippen LogP contribution in [0.5, 0.6) is 0 Å². The highest BCUT2D eigenvalue weighted by Crippen LogP contribution is 2.12. The van der Waals surface area contributed by atoms with Crippen molar-refractivity contribution in [3.8, 4) is 0 Å². The van der Waals surface area contributed by atoms with Crippen LogP contribution in [-0.2, 0) is 14.3 Å². The normalized spacial score (nSPS) is 13.2. The van der Waals surface area contributed by atoms with Crippen molar-refractivity contribution in [3.05, 3.63) is 0 Å². The first-order valence-corrected chi connectivity index (χ1v) is 10.1. The van der Waals surface area contributed by atoms with Gasteiger partial charge in [-0.15, -0.1) is 0 Å². The molecule has 0 atom stereocenters. The summed E-state index contributed by atoms with van der Waals surface area (Å²) in [7, 11) is -4.19. The van der Waals surface area contributed by atoms with Crippen molar-refractivity contribution in [1.29, 1.82) is 0 Å². The molecule has 0 radical (unpaired) electrons. The van der Waals surface area contributed by atoms with Gasteiger partial charge >= 0.3 is 0 Å². The lowest BCUT2D eigenvalue weighted by atomic mass is 10.4. The van der Waals surface area contributed by atoms with E-state index < -0.39 is 18.2 Å². The van der Waals surface area contributed by atoms with Gasteiger partial charge in [-0.25, -0.2) is 0 Å². The van der Waals surface area contributed by atoms with E-state index in [1.54, 1.807) is 0 Å². The van der Waals surface area contributed by atoms with Gasteiger partial charge in [0.25, 0.3) is 10.1 Å². The highest BCUT2D eigenvalue weighted by Gasteiger charge is 2.11. The van der Waals surface area contributed by atoms with Gasteiger partial charge in [-0.3, -0.25) is 4.18 Å². The molecule has 5 heteroatoms. The molecule has 0 saturated carbocycles. The maximum atomic E-state index is 10.6. The lowest BCUT2D eigenvalue weighted by Gasteiger charge is -2.14. The summed E-state index contributed by atoms with van der Waals surface area (Å²) < 4.78 is 25.8. The Morgan fingerprint density at radius 1 is 1.15 bits per heavy atom. The van der Waals surface area contributed by atoms with Gasteiger partial charge in [0.1, 0.15) is 0 Å². The van der Waals surface area contributed by atoms with E-state index in [1.807, 2.05) is 0 Å². The molecule has 0 aliphatic carbocycles. The molecule has 0 aromatic heterocycles. The van der Waals surface area contributed by atoms with Crippen LogP contribution in [0.25, 0.3) is 0 Å². The Labute approximate surface area is 82.6 Å². The molecule has 0 rings (SSSR count). The summed E-state index contributed by atoms with van der Waals surface area (Å²) in [6.07, 6.45) is 3.01. The lowest BCUT2D eigenvalue weighted by molar-refractivity contribution is 0.314. The van der Waals surface area contributed by atoms with Crippen LogP contribution in [0.15, 0.2) is 0 Å². The minimum absolute atomic E-state index is 0.337. The molecular weight excluding hydrogens is 204 g/mol. The summed E-state index contributed by atoms with van der Waals surface area (Å²) in [5.41, 5.74) is 0. The third-order valence-electron chi connectivity index (χ3n) is 1.62.